The van der Waals surface area contributed by atoms with Gasteiger partial charge >= 0.3 is 0 Å². The molecular formula is C8H5BrClNOS. The number of pyridine rings is 1. The Morgan fingerprint density at radius 3 is 3.00 bits per heavy atom. The first kappa shape index (κ1) is 9.24. The summed E-state index contributed by atoms with van der Waals surface area (Å²) in [6.45, 7) is 0. The third-order valence-corrected chi connectivity index (χ3v) is 4.22. The standard InChI is InChI=1S/C8H5BrClNOS/c1-12-8-5(9)6-7(13-8)4(10)2-3-11-6/h2-3H,1H3. The van der Waals surface area contributed by atoms with Crippen molar-refractivity contribution in [1.29, 1.82) is 0 Å². The Hall–Kier alpha value is -0.320. The molecule has 0 N–H and O–H groups in total. The summed E-state index contributed by atoms with van der Waals surface area (Å²) in [5, 5.41) is 1.51. The molecule has 2 aromatic heterocycles. The Kier molecular flexibility index (Phi) is 2.45. The summed E-state index contributed by atoms with van der Waals surface area (Å²) in [5.74, 6) is 0. The molecule has 0 spiro atoms. The van der Waals surface area contributed by atoms with Crippen LogP contribution in [0.3, 0.4) is 0 Å². The summed E-state index contributed by atoms with van der Waals surface area (Å²) in [4.78, 5) is 4.21. The number of hydrogen-bond acceptors (Lipinski definition) is 3. The molecule has 0 aromatic carbocycles. The molecule has 2 aromatic rings. The fourth-order valence-corrected chi connectivity index (χ4v) is 3.01. The second-order valence-corrected chi connectivity index (χ2v) is 4.56. The zero-order chi connectivity index (χ0) is 9.42. The fourth-order valence-electron chi connectivity index (χ4n) is 1.04. The van der Waals surface area contributed by atoms with E-state index in [2.05, 4.69) is 20.9 Å². The maximum atomic E-state index is 5.99. The number of ether oxygens (including phenoxy) is 1. The second-order valence-electron chi connectivity index (χ2n) is 2.38. The molecule has 0 aliphatic carbocycles. The summed E-state index contributed by atoms with van der Waals surface area (Å²) in [6.07, 6.45) is 1.68. The lowest BCUT2D eigenvalue weighted by molar-refractivity contribution is 0.425. The predicted molar refractivity (Wildman–Crippen MR) is 58.9 cm³/mol. The molecular weight excluding hydrogens is 274 g/mol. The summed E-state index contributed by atoms with van der Waals surface area (Å²) in [5.41, 5.74) is 0.856. The van der Waals surface area contributed by atoms with E-state index in [4.69, 9.17) is 16.3 Å². The third kappa shape index (κ3) is 1.43. The number of hydrogen-bond donors (Lipinski definition) is 0. The van der Waals surface area contributed by atoms with Gasteiger partial charge in [-0.25, -0.2) is 0 Å². The van der Waals surface area contributed by atoms with Crippen LogP contribution >= 0.6 is 38.9 Å². The van der Waals surface area contributed by atoms with Crippen molar-refractivity contribution in [2.24, 2.45) is 0 Å². The van der Waals surface area contributed by atoms with Crippen LogP contribution in [0.5, 0.6) is 5.06 Å². The SMILES string of the molecule is COc1sc2c(Cl)ccnc2c1Br. The molecule has 0 radical (unpaired) electrons. The molecule has 0 amide bonds. The predicted octanol–water partition coefficient (Wildman–Crippen LogP) is 3.72. The van der Waals surface area contributed by atoms with Gasteiger partial charge in [-0.05, 0) is 22.0 Å². The molecule has 5 heteroatoms. The normalized spacial score (nSPS) is 10.7. The first-order valence-electron chi connectivity index (χ1n) is 3.50. The van der Waals surface area contributed by atoms with Gasteiger partial charge in [0.15, 0.2) is 5.06 Å². The second kappa shape index (κ2) is 3.44. The monoisotopic (exact) mass is 277 g/mol. The van der Waals surface area contributed by atoms with Crippen molar-refractivity contribution in [2.45, 2.75) is 0 Å². The van der Waals surface area contributed by atoms with E-state index in [-0.39, 0.29) is 0 Å². The Bertz CT molecular complexity index is 457. The number of methoxy groups -OCH3 is 1. The van der Waals surface area contributed by atoms with Crippen LogP contribution in [-0.2, 0) is 0 Å². The highest BCUT2D eigenvalue weighted by atomic mass is 79.9. The highest BCUT2D eigenvalue weighted by molar-refractivity contribution is 9.10. The quantitative estimate of drug-likeness (QED) is 0.793. The Balaban J connectivity index is 2.83. The van der Waals surface area contributed by atoms with Gasteiger partial charge in [0, 0.05) is 6.20 Å². The molecule has 2 heterocycles. The van der Waals surface area contributed by atoms with Gasteiger partial charge in [-0.15, -0.1) is 0 Å². The van der Waals surface area contributed by atoms with E-state index in [1.54, 1.807) is 19.4 Å². The van der Waals surface area contributed by atoms with Gasteiger partial charge in [-0.1, -0.05) is 22.9 Å². The molecule has 13 heavy (non-hydrogen) atoms. The van der Waals surface area contributed by atoms with E-state index in [1.165, 1.54) is 11.3 Å². The molecule has 2 nitrogen and oxygen atoms in total. The minimum absolute atomic E-state index is 0.707. The maximum Gasteiger partial charge on any atom is 0.190 e. The average Bonchev–Trinajstić information content (AvgIpc) is 2.45. The topological polar surface area (TPSA) is 22.1 Å². The van der Waals surface area contributed by atoms with Crippen molar-refractivity contribution in [1.82, 2.24) is 4.98 Å². The Labute approximate surface area is 92.6 Å². The molecule has 2 rings (SSSR count). The summed E-state index contributed by atoms with van der Waals surface area (Å²) >= 11 is 10.9. The number of halogens is 2. The van der Waals surface area contributed by atoms with Crippen LogP contribution in [0.4, 0.5) is 0 Å². The first-order valence-corrected chi connectivity index (χ1v) is 5.49. The van der Waals surface area contributed by atoms with Crippen LogP contribution < -0.4 is 4.74 Å². The number of nitrogens with zero attached hydrogens (tertiary/aromatic N) is 1. The van der Waals surface area contributed by atoms with Gasteiger partial charge in [-0.3, -0.25) is 4.98 Å². The number of thiophene rings is 1. The molecule has 0 aliphatic rings. The van der Waals surface area contributed by atoms with E-state index >= 15 is 0 Å². The molecule has 0 bridgehead atoms. The molecule has 0 saturated heterocycles. The highest BCUT2D eigenvalue weighted by Gasteiger charge is 2.12. The minimum atomic E-state index is 0.707. The number of aromatic nitrogens is 1. The lowest BCUT2D eigenvalue weighted by Gasteiger charge is -1.92. The van der Waals surface area contributed by atoms with Crippen LogP contribution in [0.2, 0.25) is 5.02 Å². The van der Waals surface area contributed by atoms with Crippen molar-refractivity contribution >= 4 is 49.1 Å². The van der Waals surface area contributed by atoms with E-state index < -0.39 is 0 Å². The van der Waals surface area contributed by atoms with Crippen molar-refractivity contribution in [3.05, 3.63) is 21.8 Å². The molecule has 0 aliphatic heterocycles. The third-order valence-electron chi connectivity index (χ3n) is 1.62. The summed E-state index contributed by atoms with van der Waals surface area (Å²) in [6, 6.07) is 1.77. The van der Waals surface area contributed by atoms with Crippen LogP contribution in [-0.4, -0.2) is 12.1 Å². The number of rotatable bonds is 1. The molecule has 0 unspecified atom stereocenters. The fraction of sp³-hybridized carbons (Fsp3) is 0.125. The van der Waals surface area contributed by atoms with E-state index in [1.807, 2.05) is 0 Å². The molecule has 0 fully saturated rings. The van der Waals surface area contributed by atoms with Crippen molar-refractivity contribution in [2.75, 3.05) is 7.11 Å². The minimum Gasteiger partial charge on any atom is -0.486 e. The van der Waals surface area contributed by atoms with E-state index in [9.17, 15) is 0 Å². The average molecular weight is 279 g/mol. The zero-order valence-corrected chi connectivity index (χ0v) is 9.83. The summed E-state index contributed by atoms with van der Waals surface area (Å²) < 4.78 is 6.98. The highest BCUT2D eigenvalue weighted by Crippen LogP contribution is 2.42. The van der Waals surface area contributed by atoms with E-state index in [0.717, 1.165) is 19.8 Å². The maximum absolute atomic E-state index is 5.99. The smallest absolute Gasteiger partial charge is 0.190 e. The van der Waals surface area contributed by atoms with Crippen LogP contribution in [0.15, 0.2) is 16.7 Å². The molecule has 0 atom stereocenters. The molecule has 68 valence electrons. The van der Waals surface area contributed by atoms with Crippen LogP contribution in [0.1, 0.15) is 0 Å². The van der Waals surface area contributed by atoms with Crippen LogP contribution in [0.25, 0.3) is 10.2 Å². The lowest BCUT2D eigenvalue weighted by atomic mass is 10.4. The number of fused-ring (bicyclic) bond motifs is 1. The van der Waals surface area contributed by atoms with Gasteiger partial charge < -0.3 is 4.74 Å². The summed E-state index contributed by atoms with van der Waals surface area (Å²) in [7, 11) is 1.63. The first-order chi connectivity index (χ1) is 6.24. The zero-order valence-electron chi connectivity index (χ0n) is 6.67. The van der Waals surface area contributed by atoms with Gasteiger partial charge in [0.1, 0.15) is 5.52 Å². The Morgan fingerprint density at radius 2 is 2.38 bits per heavy atom. The largest absolute Gasteiger partial charge is 0.486 e. The van der Waals surface area contributed by atoms with Crippen LogP contribution in [0, 0.1) is 0 Å². The van der Waals surface area contributed by atoms with Gasteiger partial charge in [0.05, 0.1) is 21.3 Å². The Morgan fingerprint density at radius 1 is 1.62 bits per heavy atom. The van der Waals surface area contributed by atoms with Crippen molar-refractivity contribution in [3.8, 4) is 5.06 Å². The molecule has 0 saturated carbocycles. The van der Waals surface area contributed by atoms with Gasteiger partial charge in [0.2, 0.25) is 0 Å². The van der Waals surface area contributed by atoms with E-state index in [0.29, 0.717) is 5.02 Å². The van der Waals surface area contributed by atoms with Gasteiger partial charge in [0.25, 0.3) is 0 Å². The van der Waals surface area contributed by atoms with Crippen molar-refractivity contribution < 1.29 is 4.74 Å². The lowest BCUT2D eigenvalue weighted by Crippen LogP contribution is -1.77. The van der Waals surface area contributed by atoms with Gasteiger partial charge in [-0.2, -0.15) is 0 Å². The van der Waals surface area contributed by atoms with Crippen molar-refractivity contribution in [3.63, 3.8) is 0 Å².